The normalized spacial score (nSPS) is 15.5. The first-order valence-electron chi connectivity index (χ1n) is 10.8. The smallest absolute Gasteiger partial charge is 0.235 e. The number of hydrogen-bond acceptors (Lipinski definition) is 7. The van der Waals surface area contributed by atoms with Crippen molar-refractivity contribution < 1.29 is 9.53 Å². The number of methoxy groups -OCH3 is 1. The van der Waals surface area contributed by atoms with Crippen LogP contribution in [0.4, 0.5) is 5.00 Å². The molecule has 1 aliphatic carbocycles. The van der Waals surface area contributed by atoms with Gasteiger partial charge in [0, 0.05) is 10.4 Å². The molecular weight excluding hydrogens is 454 g/mol. The molecule has 1 aromatic carbocycles. The van der Waals surface area contributed by atoms with Gasteiger partial charge in [0.05, 0.1) is 18.4 Å². The van der Waals surface area contributed by atoms with Gasteiger partial charge in [0.1, 0.15) is 16.8 Å². The molecule has 2 N–H and O–H groups in total. The molecule has 0 fully saturated rings. The van der Waals surface area contributed by atoms with Gasteiger partial charge < -0.3 is 10.1 Å². The number of aromatic amines is 1. The zero-order chi connectivity index (χ0) is 23.6. The van der Waals surface area contributed by atoms with E-state index in [1.807, 2.05) is 24.3 Å². The molecule has 3 aromatic rings. The van der Waals surface area contributed by atoms with Gasteiger partial charge in [-0.05, 0) is 60.4 Å². The Morgan fingerprint density at radius 1 is 1.36 bits per heavy atom. The quantitative estimate of drug-likeness (QED) is 0.463. The minimum absolute atomic E-state index is 0.165. The monoisotopic (exact) mass is 481 g/mol. The first kappa shape index (κ1) is 23.3. The summed E-state index contributed by atoms with van der Waals surface area (Å²) in [6, 6.07) is 9.82. The van der Waals surface area contributed by atoms with Crippen LogP contribution in [0.5, 0.6) is 5.75 Å². The molecule has 4 rings (SSSR count). The third kappa shape index (κ3) is 5.23. The second-order valence-corrected chi connectivity index (χ2v) is 11.2. The number of hydrogen-bond donors (Lipinski definition) is 2. The van der Waals surface area contributed by atoms with Gasteiger partial charge in [0.15, 0.2) is 5.82 Å². The number of carbonyl (C=O) groups excluding carboxylic acids is 1. The fourth-order valence-electron chi connectivity index (χ4n) is 4.01. The molecule has 7 nitrogen and oxygen atoms in total. The van der Waals surface area contributed by atoms with Crippen LogP contribution in [0.15, 0.2) is 29.4 Å². The van der Waals surface area contributed by atoms with Crippen LogP contribution in [-0.4, -0.2) is 34.0 Å². The molecule has 1 amide bonds. The van der Waals surface area contributed by atoms with Crippen LogP contribution in [0, 0.1) is 22.7 Å². The zero-order valence-electron chi connectivity index (χ0n) is 19.2. The molecule has 1 aliphatic rings. The molecule has 0 spiro atoms. The highest BCUT2D eigenvalue weighted by Crippen LogP contribution is 2.44. The number of H-pyrrole nitrogens is 1. The lowest BCUT2D eigenvalue weighted by molar-refractivity contribution is -0.113. The highest BCUT2D eigenvalue weighted by molar-refractivity contribution is 7.99. The van der Waals surface area contributed by atoms with Crippen LogP contribution in [0.1, 0.15) is 43.2 Å². The number of thiophene rings is 1. The van der Waals surface area contributed by atoms with Gasteiger partial charge in [-0.3, -0.25) is 9.89 Å². The summed E-state index contributed by atoms with van der Waals surface area (Å²) in [5.74, 6) is 1.98. The van der Waals surface area contributed by atoms with E-state index in [1.165, 1.54) is 16.6 Å². The first-order chi connectivity index (χ1) is 15.8. The van der Waals surface area contributed by atoms with Gasteiger partial charge in [-0.2, -0.15) is 5.26 Å². The number of aromatic nitrogens is 3. The Balaban J connectivity index is 1.38. The summed E-state index contributed by atoms with van der Waals surface area (Å²) in [5, 5.41) is 20.9. The molecule has 0 saturated heterocycles. The van der Waals surface area contributed by atoms with Gasteiger partial charge in [-0.25, -0.2) is 4.98 Å². The first-order valence-corrected chi connectivity index (χ1v) is 12.6. The van der Waals surface area contributed by atoms with E-state index in [2.05, 4.69) is 47.3 Å². The van der Waals surface area contributed by atoms with E-state index in [0.29, 0.717) is 27.5 Å². The molecule has 1 atom stereocenters. The third-order valence-electron chi connectivity index (χ3n) is 6.02. The second-order valence-electron chi connectivity index (χ2n) is 9.16. The van der Waals surface area contributed by atoms with Crippen LogP contribution in [-0.2, 0) is 17.6 Å². The summed E-state index contributed by atoms with van der Waals surface area (Å²) < 4.78 is 5.17. The molecule has 0 unspecified atom stereocenters. The fraction of sp³-hybridized carbons (Fsp3) is 0.417. The molecule has 33 heavy (non-hydrogen) atoms. The number of ether oxygens (including phenoxy) is 1. The van der Waals surface area contributed by atoms with Crippen LogP contribution in [0.25, 0.3) is 11.4 Å². The summed E-state index contributed by atoms with van der Waals surface area (Å²) in [6.07, 6.45) is 2.94. The predicted octanol–water partition coefficient (Wildman–Crippen LogP) is 5.30. The van der Waals surface area contributed by atoms with E-state index in [-0.39, 0.29) is 17.1 Å². The maximum absolute atomic E-state index is 12.6. The Hall–Kier alpha value is -2.83. The average molecular weight is 482 g/mol. The molecule has 0 bridgehead atoms. The van der Waals surface area contributed by atoms with E-state index in [0.717, 1.165) is 36.1 Å². The maximum Gasteiger partial charge on any atom is 0.235 e. The Morgan fingerprint density at radius 2 is 2.12 bits per heavy atom. The molecule has 0 radical (unpaired) electrons. The highest BCUT2D eigenvalue weighted by atomic mass is 32.2. The lowest BCUT2D eigenvalue weighted by Crippen LogP contribution is -2.26. The van der Waals surface area contributed by atoms with Crippen LogP contribution >= 0.6 is 23.1 Å². The Bertz CT molecular complexity index is 1190. The minimum Gasteiger partial charge on any atom is -0.497 e. The van der Waals surface area contributed by atoms with Crippen molar-refractivity contribution in [2.45, 2.75) is 45.2 Å². The SMILES string of the molecule is COc1ccc(-c2nc(SCC(=O)Nc3sc4c(c3C#N)CC[C@H](C(C)(C)C)C4)n[nH]2)cc1. The van der Waals surface area contributed by atoms with Gasteiger partial charge in [-0.1, -0.05) is 32.5 Å². The zero-order valence-corrected chi connectivity index (χ0v) is 20.8. The van der Waals surface area contributed by atoms with E-state index in [4.69, 9.17) is 4.74 Å². The second kappa shape index (κ2) is 9.57. The number of benzene rings is 1. The van der Waals surface area contributed by atoms with Crippen molar-refractivity contribution >= 4 is 34.0 Å². The third-order valence-corrected chi connectivity index (χ3v) is 8.03. The van der Waals surface area contributed by atoms with Gasteiger partial charge in [-0.15, -0.1) is 16.4 Å². The minimum atomic E-state index is -0.168. The van der Waals surface area contributed by atoms with E-state index >= 15 is 0 Å². The number of thioether (sulfide) groups is 1. The molecule has 2 heterocycles. The summed E-state index contributed by atoms with van der Waals surface area (Å²) in [4.78, 5) is 18.3. The highest BCUT2D eigenvalue weighted by Gasteiger charge is 2.32. The van der Waals surface area contributed by atoms with Crippen LogP contribution in [0.2, 0.25) is 0 Å². The lowest BCUT2D eigenvalue weighted by atomic mass is 9.72. The number of carbonyl (C=O) groups is 1. The Kier molecular flexibility index (Phi) is 6.77. The van der Waals surface area contributed by atoms with Crippen molar-refractivity contribution in [3.05, 3.63) is 40.3 Å². The van der Waals surface area contributed by atoms with Crippen LogP contribution in [0.3, 0.4) is 0 Å². The largest absolute Gasteiger partial charge is 0.497 e. The van der Waals surface area contributed by atoms with Gasteiger partial charge in [0.2, 0.25) is 11.1 Å². The van der Waals surface area contributed by atoms with Gasteiger partial charge >= 0.3 is 0 Å². The average Bonchev–Trinajstić information content (AvgIpc) is 3.40. The fourth-order valence-corrected chi connectivity index (χ4v) is 5.91. The number of rotatable bonds is 6. The standard InChI is InChI=1S/C24H27N5O2S2/c1-24(2,3)15-7-10-17-18(12-25)22(33-19(17)11-15)26-20(30)13-32-23-27-21(28-29-23)14-5-8-16(31-4)9-6-14/h5-6,8-9,15H,7,10-11,13H2,1-4H3,(H,26,30)(H,27,28,29)/t15-/m0/s1. The molecular formula is C24H27N5O2S2. The lowest BCUT2D eigenvalue weighted by Gasteiger charge is -2.33. The van der Waals surface area contributed by atoms with E-state index in [1.54, 1.807) is 18.4 Å². The summed E-state index contributed by atoms with van der Waals surface area (Å²) in [7, 11) is 1.62. The maximum atomic E-state index is 12.6. The molecule has 9 heteroatoms. The van der Waals surface area contributed by atoms with Crippen molar-refractivity contribution in [2.24, 2.45) is 11.3 Å². The number of fused-ring (bicyclic) bond motifs is 1. The van der Waals surface area contributed by atoms with E-state index in [9.17, 15) is 10.1 Å². The van der Waals surface area contributed by atoms with Crippen molar-refractivity contribution in [2.75, 3.05) is 18.2 Å². The summed E-state index contributed by atoms with van der Waals surface area (Å²) in [5.41, 5.74) is 2.86. The van der Waals surface area contributed by atoms with E-state index < -0.39 is 0 Å². The topological polar surface area (TPSA) is 104 Å². The molecule has 2 aromatic heterocycles. The number of nitrogens with one attached hydrogen (secondary N) is 2. The summed E-state index contributed by atoms with van der Waals surface area (Å²) >= 11 is 2.80. The van der Waals surface area contributed by atoms with Crippen molar-refractivity contribution in [3.63, 3.8) is 0 Å². The Labute approximate surface area is 202 Å². The molecule has 172 valence electrons. The van der Waals surface area contributed by atoms with Crippen molar-refractivity contribution in [3.8, 4) is 23.2 Å². The van der Waals surface area contributed by atoms with Crippen molar-refractivity contribution in [1.29, 1.82) is 5.26 Å². The molecule has 0 aliphatic heterocycles. The molecule has 0 saturated carbocycles. The number of nitriles is 1. The Morgan fingerprint density at radius 3 is 2.79 bits per heavy atom. The summed E-state index contributed by atoms with van der Waals surface area (Å²) in [6.45, 7) is 6.81. The van der Waals surface area contributed by atoms with Crippen molar-refractivity contribution in [1.82, 2.24) is 15.2 Å². The van der Waals surface area contributed by atoms with Gasteiger partial charge in [0.25, 0.3) is 0 Å². The number of nitrogens with zero attached hydrogens (tertiary/aromatic N) is 3. The number of amides is 1. The van der Waals surface area contributed by atoms with Crippen LogP contribution < -0.4 is 10.1 Å². The number of anilines is 1. The predicted molar refractivity (Wildman–Crippen MR) is 132 cm³/mol.